The maximum absolute atomic E-state index is 12.2. The van der Waals surface area contributed by atoms with Gasteiger partial charge in [0.25, 0.3) is 0 Å². The molecule has 0 atom stereocenters. The molecule has 0 fully saturated rings. The Labute approximate surface area is 144 Å². The van der Waals surface area contributed by atoms with Crippen LogP contribution < -0.4 is 10.6 Å². The Morgan fingerprint density at radius 1 is 0.840 bits per heavy atom. The van der Waals surface area contributed by atoms with Gasteiger partial charge in [-0.25, -0.2) is 14.4 Å². The van der Waals surface area contributed by atoms with Crippen molar-refractivity contribution >= 4 is 29.3 Å². The van der Waals surface area contributed by atoms with Crippen LogP contribution in [0.1, 0.15) is 26.3 Å². The summed E-state index contributed by atoms with van der Waals surface area (Å²) in [4.78, 5) is 35.7. The number of hydrogen-bond acceptors (Lipinski definition) is 5. The molecule has 0 saturated carbocycles. The van der Waals surface area contributed by atoms with Gasteiger partial charge in [-0.1, -0.05) is 17.7 Å². The van der Waals surface area contributed by atoms with E-state index in [1.165, 1.54) is 32.4 Å². The van der Waals surface area contributed by atoms with Gasteiger partial charge in [0.05, 0.1) is 31.0 Å². The Bertz CT molecular complexity index is 800. The van der Waals surface area contributed by atoms with E-state index in [2.05, 4.69) is 20.1 Å². The summed E-state index contributed by atoms with van der Waals surface area (Å²) in [6.07, 6.45) is 0. The van der Waals surface area contributed by atoms with Crippen LogP contribution in [-0.4, -0.2) is 32.2 Å². The Hall–Kier alpha value is -3.35. The van der Waals surface area contributed by atoms with Crippen LogP contribution in [0.3, 0.4) is 0 Å². The highest BCUT2D eigenvalue weighted by Gasteiger charge is 2.17. The number of nitrogens with one attached hydrogen (secondary N) is 2. The van der Waals surface area contributed by atoms with Gasteiger partial charge >= 0.3 is 18.0 Å². The van der Waals surface area contributed by atoms with Crippen LogP contribution in [0.25, 0.3) is 0 Å². The van der Waals surface area contributed by atoms with Crippen LogP contribution in [-0.2, 0) is 9.47 Å². The number of ether oxygens (including phenoxy) is 2. The number of amides is 2. The number of urea groups is 1. The summed E-state index contributed by atoms with van der Waals surface area (Å²) >= 11 is 0. The van der Waals surface area contributed by atoms with Crippen LogP contribution in [0.5, 0.6) is 0 Å². The van der Waals surface area contributed by atoms with E-state index in [-0.39, 0.29) is 16.8 Å². The second-order valence-corrected chi connectivity index (χ2v) is 5.19. The van der Waals surface area contributed by atoms with Gasteiger partial charge in [-0.15, -0.1) is 0 Å². The number of hydrogen-bond donors (Lipinski definition) is 2. The zero-order valence-corrected chi connectivity index (χ0v) is 14.1. The predicted octanol–water partition coefficient (Wildman–Crippen LogP) is 3.21. The minimum Gasteiger partial charge on any atom is -0.465 e. The molecule has 0 unspecified atom stereocenters. The fourth-order valence-electron chi connectivity index (χ4n) is 2.10. The van der Waals surface area contributed by atoms with Gasteiger partial charge in [-0.2, -0.15) is 0 Å². The summed E-state index contributed by atoms with van der Waals surface area (Å²) in [6.45, 7) is 1.94. The summed E-state index contributed by atoms with van der Waals surface area (Å²) < 4.78 is 9.34. The second kappa shape index (κ2) is 7.96. The molecule has 0 aliphatic carbocycles. The zero-order valence-electron chi connectivity index (χ0n) is 14.1. The second-order valence-electron chi connectivity index (χ2n) is 5.19. The number of aryl methyl sites for hydroxylation is 1. The number of benzene rings is 2. The Morgan fingerprint density at radius 3 is 2.08 bits per heavy atom. The largest absolute Gasteiger partial charge is 0.465 e. The SMILES string of the molecule is COC(=O)c1ccc(C(=O)OC)c(NC(=O)Nc2ccc(C)cc2)c1. The minimum absolute atomic E-state index is 0.120. The lowest BCUT2D eigenvalue weighted by Gasteiger charge is -2.12. The molecule has 0 radical (unpaired) electrons. The molecule has 2 amide bonds. The van der Waals surface area contributed by atoms with Gasteiger partial charge in [-0.3, -0.25) is 0 Å². The van der Waals surface area contributed by atoms with Crippen molar-refractivity contribution < 1.29 is 23.9 Å². The smallest absolute Gasteiger partial charge is 0.339 e. The summed E-state index contributed by atoms with van der Waals surface area (Å²) in [5, 5.41) is 5.20. The molecule has 2 aromatic carbocycles. The third-order valence-corrected chi connectivity index (χ3v) is 3.40. The maximum atomic E-state index is 12.2. The van der Waals surface area contributed by atoms with Crippen molar-refractivity contribution in [3.63, 3.8) is 0 Å². The van der Waals surface area contributed by atoms with Crippen molar-refractivity contribution in [1.29, 1.82) is 0 Å². The molecule has 7 nitrogen and oxygen atoms in total. The normalized spacial score (nSPS) is 9.88. The summed E-state index contributed by atoms with van der Waals surface area (Å²) in [5.74, 6) is -1.22. The number of rotatable bonds is 4. The lowest BCUT2D eigenvalue weighted by Crippen LogP contribution is -2.21. The van der Waals surface area contributed by atoms with Crippen LogP contribution in [0.2, 0.25) is 0 Å². The van der Waals surface area contributed by atoms with Gasteiger partial charge < -0.3 is 20.1 Å². The highest BCUT2D eigenvalue weighted by Crippen LogP contribution is 2.20. The van der Waals surface area contributed by atoms with E-state index in [0.717, 1.165) is 5.56 Å². The van der Waals surface area contributed by atoms with Gasteiger partial charge in [0, 0.05) is 5.69 Å². The highest BCUT2D eigenvalue weighted by atomic mass is 16.5. The molecule has 0 aliphatic rings. The highest BCUT2D eigenvalue weighted by molar-refractivity contribution is 6.06. The molecule has 130 valence electrons. The fourth-order valence-corrected chi connectivity index (χ4v) is 2.10. The average Bonchev–Trinajstić information content (AvgIpc) is 2.62. The molecule has 0 saturated heterocycles. The van der Waals surface area contributed by atoms with Gasteiger partial charge in [0.2, 0.25) is 0 Å². The van der Waals surface area contributed by atoms with Crippen LogP contribution >= 0.6 is 0 Å². The first-order valence-corrected chi connectivity index (χ1v) is 7.40. The van der Waals surface area contributed by atoms with E-state index >= 15 is 0 Å². The molecule has 0 bridgehead atoms. The number of carbonyl (C=O) groups excluding carboxylic acids is 3. The molecule has 0 spiro atoms. The third-order valence-electron chi connectivity index (χ3n) is 3.40. The van der Waals surface area contributed by atoms with Crippen LogP contribution in [0, 0.1) is 6.92 Å². The van der Waals surface area contributed by atoms with Crippen molar-refractivity contribution in [2.75, 3.05) is 24.9 Å². The van der Waals surface area contributed by atoms with Crippen molar-refractivity contribution in [2.24, 2.45) is 0 Å². The van der Waals surface area contributed by atoms with Crippen LogP contribution in [0.4, 0.5) is 16.2 Å². The van der Waals surface area contributed by atoms with Crippen molar-refractivity contribution in [1.82, 2.24) is 0 Å². The monoisotopic (exact) mass is 342 g/mol. The number of anilines is 2. The number of carbonyl (C=O) groups is 3. The average molecular weight is 342 g/mol. The lowest BCUT2D eigenvalue weighted by molar-refractivity contribution is 0.0587. The molecule has 2 rings (SSSR count). The fraction of sp³-hybridized carbons (Fsp3) is 0.167. The molecule has 7 heteroatoms. The molecule has 2 N–H and O–H groups in total. The molecule has 25 heavy (non-hydrogen) atoms. The lowest BCUT2D eigenvalue weighted by atomic mass is 10.1. The Kier molecular flexibility index (Phi) is 5.73. The van der Waals surface area contributed by atoms with Crippen molar-refractivity contribution in [3.8, 4) is 0 Å². The van der Waals surface area contributed by atoms with E-state index in [9.17, 15) is 14.4 Å². The summed E-state index contributed by atoms with van der Waals surface area (Å²) in [6, 6.07) is 10.8. The topological polar surface area (TPSA) is 93.7 Å². The molecule has 0 heterocycles. The van der Waals surface area contributed by atoms with Crippen LogP contribution in [0.15, 0.2) is 42.5 Å². The van der Waals surface area contributed by atoms with E-state index in [0.29, 0.717) is 5.69 Å². The molecule has 0 aromatic heterocycles. The van der Waals surface area contributed by atoms with Crippen molar-refractivity contribution in [2.45, 2.75) is 6.92 Å². The molecular formula is C18H18N2O5. The molecular weight excluding hydrogens is 324 g/mol. The molecule has 2 aromatic rings. The standard InChI is InChI=1S/C18H18N2O5/c1-11-4-7-13(8-5-11)19-18(23)20-15-10-12(16(21)24-2)6-9-14(15)17(22)25-3/h4-10H,1-3H3,(H2,19,20,23). The van der Waals surface area contributed by atoms with Crippen molar-refractivity contribution in [3.05, 3.63) is 59.2 Å². The van der Waals surface area contributed by atoms with E-state index in [4.69, 9.17) is 0 Å². The zero-order chi connectivity index (χ0) is 18.4. The Morgan fingerprint density at radius 2 is 1.48 bits per heavy atom. The quantitative estimate of drug-likeness (QED) is 0.832. The molecule has 0 aliphatic heterocycles. The summed E-state index contributed by atoms with van der Waals surface area (Å²) in [5.41, 5.74) is 2.10. The number of esters is 2. The maximum Gasteiger partial charge on any atom is 0.339 e. The van der Waals surface area contributed by atoms with E-state index in [1.54, 1.807) is 12.1 Å². The van der Waals surface area contributed by atoms with E-state index < -0.39 is 18.0 Å². The van der Waals surface area contributed by atoms with Gasteiger partial charge in [0.1, 0.15) is 0 Å². The first-order chi connectivity index (χ1) is 11.9. The van der Waals surface area contributed by atoms with Gasteiger partial charge in [0.15, 0.2) is 0 Å². The van der Waals surface area contributed by atoms with Gasteiger partial charge in [-0.05, 0) is 37.3 Å². The van der Waals surface area contributed by atoms with E-state index in [1.807, 2.05) is 19.1 Å². The third kappa shape index (κ3) is 4.57. The Balaban J connectivity index is 2.25. The first-order valence-electron chi connectivity index (χ1n) is 7.40. The first kappa shape index (κ1) is 18.0. The minimum atomic E-state index is -0.637. The summed E-state index contributed by atoms with van der Waals surface area (Å²) in [7, 11) is 2.47. The predicted molar refractivity (Wildman–Crippen MR) is 92.9 cm³/mol. The number of methoxy groups -OCH3 is 2.